The van der Waals surface area contributed by atoms with Gasteiger partial charge in [-0.05, 0) is 37.8 Å². The van der Waals surface area contributed by atoms with Crippen molar-refractivity contribution in [3.8, 4) is 0 Å². The molecule has 2 atom stereocenters. The number of hydrogen-bond acceptors (Lipinski definition) is 6. The van der Waals surface area contributed by atoms with Crippen molar-refractivity contribution in [2.75, 3.05) is 20.3 Å². The molecule has 0 spiro atoms. The van der Waals surface area contributed by atoms with Crippen molar-refractivity contribution in [1.82, 2.24) is 4.90 Å². The van der Waals surface area contributed by atoms with E-state index in [0.29, 0.717) is 18.5 Å². The van der Waals surface area contributed by atoms with Crippen LogP contribution in [0.4, 0.5) is 4.79 Å². The fraction of sp³-hybridized carbons (Fsp3) is 0.417. The highest BCUT2D eigenvalue weighted by molar-refractivity contribution is 5.88. The Morgan fingerprint density at radius 3 is 2.59 bits per heavy atom. The summed E-state index contributed by atoms with van der Waals surface area (Å²) in [4.78, 5) is 39.2. The average Bonchev–Trinajstić information content (AvgIpc) is 2.84. The average molecular weight is 442 g/mol. The van der Waals surface area contributed by atoms with Crippen LogP contribution in [0.5, 0.6) is 0 Å². The van der Waals surface area contributed by atoms with E-state index in [9.17, 15) is 14.4 Å². The van der Waals surface area contributed by atoms with Crippen LogP contribution in [-0.4, -0.2) is 49.2 Å². The minimum absolute atomic E-state index is 0.0659. The van der Waals surface area contributed by atoms with Crippen LogP contribution in [0.1, 0.15) is 48.0 Å². The molecule has 1 amide bonds. The lowest BCUT2D eigenvalue weighted by molar-refractivity contribution is -0.727. The van der Waals surface area contributed by atoms with E-state index in [1.165, 1.54) is 7.11 Å². The Morgan fingerprint density at radius 2 is 1.88 bits per heavy atom. The van der Waals surface area contributed by atoms with Gasteiger partial charge in [-0.2, -0.15) is 4.57 Å². The van der Waals surface area contributed by atoms with Gasteiger partial charge in [0, 0.05) is 12.6 Å². The highest BCUT2D eigenvalue weighted by Crippen LogP contribution is 2.32. The minimum Gasteiger partial charge on any atom is -0.468 e. The van der Waals surface area contributed by atoms with Gasteiger partial charge in [-0.3, -0.25) is 4.79 Å². The number of rotatable bonds is 7. The molecule has 0 radical (unpaired) electrons. The lowest BCUT2D eigenvalue weighted by Crippen LogP contribution is -2.50. The van der Waals surface area contributed by atoms with Gasteiger partial charge in [0.2, 0.25) is 0 Å². The first-order valence-electron chi connectivity index (χ1n) is 10.8. The third-order valence-electron chi connectivity index (χ3n) is 5.49. The van der Waals surface area contributed by atoms with E-state index in [1.54, 1.807) is 40.9 Å². The fourth-order valence-electron chi connectivity index (χ4n) is 3.98. The molecule has 0 aliphatic carbocycles. The molecule has 1 aromatic carbocycles. The third-order valence-corrected chi connectivity index (χ3v) is 5.49. The van der Waals surface area contributed by atoms with Gasteiger partial charge in [0.25, 0.3) is 6.73 Å². The lowest BCUT2D eigenvalue weighted by Gasteiger charge is -2.38. The van der Waals surface area contributed by atoms with E-state index < -0.39 is 18.0 Å². The molecule has 1 aliphatic heterocycles. The molecule has 8 nitrogen and oxygen atoms in total. The highest BCUT2D eigenvalue weighted by Gasteiger charge is 2.39. The monoisotopic (exact) mass is 441 g/mol. The molecule has 2 unspecified atom stereocenters. The summed E-state index contributed by atoms with van der Waals surface area (Å²) in [7, 11) is 1.36. The normalized spacial score (nSPS) is 16.7. The maximum absolute atomic E-state index is 13.0. The number of nitrogens with zero attached hydrogens (tertiary/aromatic N) is 2. The Hall–Kier alpha value is -3.42. The largest absolute Gasteiger partial charge is 0.468 e. The number of ether oxygens (including phenoxy) is 3. The van der Waals surface area contributed by atoms with Gasteiger partial charge < -0.3 is 19.1 Å². The summed E-state index contributed by atoms with van der Waals surface area (Å²) in [6, 6.07) is 12.3. The number of aromatic nitrogens is 1. The first kappa shape index (κ1) is 23.2. The second kappa shape index (κ2) is 11.3. The van der Waals surface area contributed by atoms with Crippen molar-refractivity contribution in [3.05, 3.63) is 66.0 Å². The van der Waals surface area contributed by atoms with Crippen LogP contribution in [0.2, 0.25) is 0 Å². The summed E-state index contributed by atoms with van der Waals surface area (Å²) >= 11 is 0. The predicted molar refractivity (Wildman–Crippen MR) is 115 cm³/mol. The number of carbonyl (C=O) groups excluding carboxylic acids is 3. The maximum Gasteiger partial charge on any atom is 0.414 e. The number of piperidine rings is 1. The molecular formula is C24H29N2O6+. The topological polar surface area (TPSA) is 86.0 Å². The second-order valence-corrected chi connectivity index (χ2v) is 7.53. The second-order valence-electron chi connectivity index (χ2n) is 7.53. The molecule has 1 fully saturated rings. The molecule has 1 aliphatic rings. The van der Waals surface area contributed by atoms with Crippen molar-refractivity contribution in [2.24, 2.45) is 0 Å². The Kier molecular flexibility index (Phi) is 8.19. The van der Waals surface area contributed by atoms with Crippen LogP contribution in [0, 0.1) is 0 Å². The van der Waals surface area contributed by atoms with Crippen LogP contribution in [0.25, 0.3) is 0 Å². The first-order chi connectivity index (χ1) is 15.5. The van der Waals surface area contributed by atoms with E-state index in [-0.39, 0.29) is 25.3 Å². The minimum atomic E-state index is -0.589. The van der Waals surface area contributed by atoms with Crippen molar-refractivity contribution >= 4 is 18.0 Å². The molecule has 1 saturated heterocycles. The van der Waals surface area contributed by atoms with Crippen molar-refractivity contribution in [3.63, 3.8) is 0 Å². The van der Waals surface area contributed by atoms with Gasteiger partial charge in [-0.1, -0.05) is 30.3 Å². The molecule has 2 aromatic rings. The van der Waals surface area contributed by atoms with Gasteiger partial charge in [-0.15, -0.1) is 0 Å². The number of esters is 2. The zero-order chi connectivity index (χ0) is 22.9. The molecule has 1 aromatic heterocycles. The van der Waals surface area contributed by atoms with Gasteiger partial charge >= 0.3 is 18.0 Å². The van der Waals surface area contributed by atoms with Crippen molar-refractivity contribution in [1.29, 1.82) is 0 Å². The van der Waals surface area contributed by atoms with E-state index in [1.807, 2.05) is 30.3 Å². The summed E-state index contributed by atoms with van der Waals surface area (Å²) < 4.78 is 17.2. The summed E-state index contributed by atoms with van der Waals surface area (Å²) in [5.74, 6) is -1.40. The standard InChI is InChI=1S/C24H29N2O6/c1-3-31-22(27)19-12-9-14-25(16-19)17-32-24(29)26-15-8-7-13-20(26)21(23(28)30-2)18-10-5-4-6-11-18/h4-6,9-12,14,16,20-21H,3,7-8,13,15,17H2,1-2H3/q+1. The molecule has 0 saturated carbocycles. The Bertz CT molecular complexity index is 933. The van der Waals surface area contributed by atoms with E-state index in [2.05, 4.69) is 0 Å². The van der Waals surface area contributed by atoms with Crippen LogP contribution < -0.4 is 4.57 Å². The first-order valence-corrected chi connectivity index (χ1v) is 10.8. The third kappa shape index (κ3) is 5.63. The SMILES string of the molecule is CCOC(=O)c1ccc[n+](COC(=O)N2CCCCC2C(C(=O)OC)c2ccccc2)c1. The lowest BCUT2D eigenvalue weighted by atomic mass is 9.85. The molecule has 32 heavy (non-hydrogen) atoms. The molecule has 2 heterocycles. The van der Waals surface area contributed by atoms with Gasteiger partial charge in [0.05, 0.1) is 19.8 Å². The van der Waals surface area contributed by atoms with Crippen LogP contribution in [0.15, 0.2) is 54.9 Å². The summed E-state index contributed by atoms with van der Waals surface area (Å²) in [6.07, 6.45) is 5.18. The van der Waals surface area contributed by atoms with Gasteiger partial charge in [0.1, 0.15) is 11.5 Å². The number of methoxy groups -OCH3 is 1. The molecule has 3 rings (SSSR count). The molecule has 170 valence electrons. The van der Waals surface area contributed by atoms with Crippen LogP contribution >= 0.6 is 0 Å². The van der Waals surface area contributed by atoms with Crippen molar-refractivity contribution < 1.29 is 33.2 Å². The molecule has 0 N–H and O–H groups in total. The number of benzene rings is 1. The van der Waals surface area contributed by atoms with E-state index in [0.717, 1.165) is 18.4 Å². The number of likely N-dealkylation sites (tertiary alicyclic amines) is 1. The number of carbonyl (C=O) groups is 3. The Labute approximate surface area is 187 Å². The van der Waals surface area contributed by atoms with Crippen LogP contribution in [0.3, 0.4) is 0 Å². The zero-order valence-corrected chi connectivity index (χ0v) is 18.4. The number of pyridine rings is 1. The summed E-state index contributed by atoms with van der Waals surface area (Å²) in [6.45, 7) is 2.45. The van der Waals surface area contributed by atoms with E-state index >= 15 is 0 Å². The highest BCUT2D eigenvalue weighted by atomic mass is 16.6. The molecule has 8 heteroatoms. The fourth-order valence-corrected chi connectivity index (χ4v) is 3.98. The van der Waals surface area contributed by atoms with Gasteiger partial charge in [-0.25, -0.2) is 9.59 Å². The molecule has 0 bridgehead atoms. The molecular weight excluding hydrogens is 412 g/mol. The Balaban J connectivity index is 1.74. The summed E-state index contributed by atoms with van der Waals surface area (Å²) in [5.41, 5.74) is 1.18. The van der Waals surface area contributed by atoms with E-state index in [4.69, 9.17) is 14.2 Å². The van der Waals surface area contributed by atoms with Gasteiger partial charge in [0.15, 0.2) is 12.4 Å². The summed E-state index contributed by atoms with van der Waals surface area (Å²) in [5, 5.41) is 0. The van der Waals surface area contributed by atoms with Crippen molar-refractivity contribution in [2.45, 2.75) is 44.9 Å². The quantitative estimate of drug-likeness (QED) is 0.373. The Morgan fingerprint density at radius 1 is 1.09 bits per heavy atom. The van der Waals surface area contributed by atoms with Crippen LogP contribution in [-0.2, 0) is 25.7 Å². The predicted octanol–water partition coefficient (Wildman–Crippen LogP) is 3.06. The maximum atomic E-state index is 13.0. The number of hydrogen-bond donors (Lipinski definition) is 0. The zero-order valence-electron chi connectivity index (χ0n) is 18.4. The smallest absolute Gasteiger partial charge is 0.414 e. The number of amides is 1.